The lowest BCUT2D eigenvalue weighted by Crippen LogP contribution is -2.43. The van der Waals surface area contributed by atoms with Gasteiger partial charge in [0.2, 0.25) is 0 Å². The van der Waals surface area contributed by atoms with Crippen molar-refractivity contribution in [1.29, 1.82) is 0 Å². The minimum Gasteiger partial charge on any atom is -0.464 e. The third-order valence-corrected chi connectivity index (χ3v) is 0.856. The molecule has 0 radical (unpaired) electrons. The predicted octanol–water partition coefficient (Wildman–Crippen LogP) is -1.42. The van der Waals surface area contributed by atoms with Crippen LogP contribution in [0.2, 0.25) is 0 Å². The van der Waals surface area contributed by atoms with Gasteiger partial charge in [0.05, 0.1) is 6.61 Å². The lowest BCUT2D eigenvalue weighted by molar-refractivity contribution is -0.146. The molecule has 1 unspecified atom stereocenters. The van der Waals surface area contributed by atoms with Crippen LogP contribution in [-0.4, -0.2) is 24.9 Å². The van der Waals surface area contributed by atoms with E-state index < -0.39 is 12.0 Å². The molecular formula is C5H10N2O3. The minimum atomic E-state index is -1.04. The molecule has 0 heterocycles. The lowest BCUT2D eigenvalue weighted by Gasteiger charge is -2.05. The first-order valence-corrected chi connectivity index (χ1v) is 2.84. The zero-order valence-corrected chi connectivity index (χ0v) is 5.66. The Bertz CT molecular complexity index is 126. The molecule has 0 spiro atoms. The van der Waals surface area contributed by atoms with Crippen LogP contribution in [0.25, 0.3) is 0 Å². The van der Waals surface area contributed by atoms with E-state index in [-0.39, 0.29) is 6.61 Å². The summed E-state index contributed by atoms with van der Waals surface area (Å²) in [6.07, 6.45) is 0.387. The summed E-state index contributed by atoms with van der Waals surface area (Å²) in [6, 6.07) is -1.04. The van der Waals surface area contributed by atoms with Crippen LogP contribution in [0.5, 0.6) is 0 Å². The highest BCUT2D eigenvalue weighted by Crippen LogP contribution is 1.82. The van der Waals surface area contributed by atoms with Crippen molar-refractivity contribution in [2.75, 3.05) is 6.61 Å². The topological polar surface area (TPSA) is 81.4 Å². The number of rotatable bonds is 4. The molecule has 0 aliphatic heterocycles. The predicted molar refractivity (Wildman–Crippen MR) is 33.8 cm³/mol. The number of ether oxygens (including phenoxy) is 1. The number of carbonyl (C=O) groups excluding carboxylic acids is 2. The first-order valence-electron chi connectivity index (χ1n) is 2.84. The molecule has 0 aromatic carbocycles. The Labute approximate surface area is 58.5 Å². The van der Waals surface area contributed by atoms with E-state index in [0.717, 1.165) is 0 Å². The SMILES string of the molecule is CCOC(=O)C(C=O)NN. The molecule has 0 saturated carbocycles. The van der Waals surface area contributed by atoms with Crippen LogP contribution >= 0.6 is 0 Å². The van der Waals surface area contributed by atoms with Gasteiger partial charge in [0.15, 0.2) is 6.04 Å². The largest absolute Gasteiger partial charge is 0.464 e. The molecular weight excluding hydrogens is 136 g/mol. The van der Waals surface area contributed by atoms with E-state index in [0.29, 0.717) is 6.29 Å². The van der Waals surface area contributed by atoms with Crippen molar-refractivity contribution >= 4 is 12.3 Å². The molecule has 3 N–H and O–H groups in total. The van der Waals surface area contributed by atoms with Gasteiger partial charge in [-0.15, -0.1) is 0 Å². The first kappa shape index (κ1) is 9.06. The van der Waals surface area contributed by atoms with Crippen molar-refractivity contribution < 1.29 is 14.3 Å². The fourth-order valence-electron chi connectivity index (χ4n) is 0.395. The summed E-state index contributed by atoms with van der Waals surface area (Å²) in [5.74, 6) is 4.18. The molecule has 0 aromatic heterocycles. The van der Waals surface area contributed by atoms with Gasteiger partial charge in [-0.1, -0.05) is 0 Å². The summed E-state index contributed by atoms with van der Waals surface area (Å²) >= 11 is 0. The van der Waals surface area contributed by atoms with Gasteiger partial charge >= 0.3 is 5.97 Å². The third-order valence-electron chi connectivity index (χ3n) is 0.856. The second kappa shape index (κ2) is 4.89. The normalized spacial score (nSPS) is 12.2. The highest BCUT2D eigenvalue weighted by molar-refractivity contribution is 5.91. The zero-order valence-electron chi connectivity index (χ0n) is 5.66. The van der Waals surface area contributed by atoms with Crippen molar-refractivity contribution in [2.45, 2.75) is 13.0 Å². The number of nitrogens with one attached hydrogen (secondary N) is 1. The summed E-state index contributed by atoms with van der Waals surface area (Å²) in [7, 11) is 0. The molecule has 1 atom stereocenters. The van der Waals surface area contributed by atoms with Crippen molar-refractivity contribution in [3.63, 3.8) is 0 Å². The highest BCUT2D eigenvalue weighted by atomic mass is 16.5. The van der Waals surface area contributed by atoms with Gasteiger partial charge in [-0.25, -0.2) is 10.2 Å². The van der Waals surface area contributed by atoms with Crippen molar-refractivity contribution in [1.82, 2.24) is 5.43 Å². The van der Waals surface area contributed by atoms with Crippen LogP contribution in [0, 0.1) is 0 Å². The van der Waals surface area contributed by atoms with Gasteiger partial charge in [0.25, 0.3) is 0 Å². The average molecular weight is 146 g/mol. The van der Waals surface area contributed by atoms with Crippen molar-refractivity contribution in [2.24, 2.45) is 5.84 Å². The Balaban J connectivity index is 3.76. The van der Waals surface area contributed by atoms with E-state index in [1.165, 1.54) is 0 Å². The number of hydrogen-bond donors (Lipinski definition) is 2. The molecule has 5 nitrogen and oxygen atoms in total. The Morgan fingerprint density at radius 1 is 1.90 bits per heavy atom. The molecule has 0 aromatic rings. The summed E-state index contributed by atoms with van der Waals surface area (Å²) in [6.45, 7) is 1.89. The number of hydrazine groups is 1. The third kappa shape index (κ3) is 2.56. The van der Waals surface area contributed by atoms with Gasteiger partial charge in [0, 0.05) is 0 Å². The molecule has 58 valence electrons. The maximum absolute atomic E-state index is 10.6. The molecule has 0 saturated heterocycles. The summed E-state index contributed by atoms with van der Waals surface area (Å²) in [5.41, 5.74) is 1.99. The van der Waals surface area contributed by atoms with E-state index in [4.69, 9.17) is 5.84 Å². The summed E-state index contributed by atoms with van der Waals surface area (Å²) < 4.78 is 4.47. The fourth-order valence-corrected chi connectivity index (χ4v) is 0.395. The van der Waals surface area contributed by atoms with E-state index in [1.807, 2.05) is 5.43 Å². The van der Waals surface area contributed by atoms with Crippen LogP contribution in [0.15, 0.2) is 0 Å². The maximum atomic E-state index is 10.6. The zero-order chi connectivity index (χ0) is 7.98. The Morgan fingerprint density at radius 2 is 2.50 bits per heavy atom. The molecule has 0 amide bonds. The van der Waals surface area contributed by atoms with Crippen molar-refractivity contribution in [3.05, 3.63) is 0 Å². The number of hydrogen-bond acceptors (Lipinski definition) is 5. The Hall–Kier alpha value is -0.940. The number of nitrogens with two attached hydrogens (primary N) is 1. The molecule has 0 fully saturated rings. The van der Waals surface area contributed by atoms with Crippen LogP contribution in [0.4, 0.5) is 0 Å². The van der Waals surface area contributed by atoms with Crippen LogP contribution < -0.4 is 11.3 Å². The summed E-state index contributed by atoms with van der Waals surface area (Å²) in [5, 5.41) is 0. The van der Waals surface area contributed by atoms with Gasteiger partial charge in [0.1, 0.15) is 6.29 Å². The molecule has 5 heteroatoms. The maximum Gasteiger partial charge on any atom is 0.331 e. The smallest absolute Gasteiger partial charge is 0.331 e. The molecule has 0 aliphatic carbocycles. The van der Waals surface area contributed by atoms with E-state index in [1.54, 1.807) is 6.92 Å². The minimum absolute atomic E-state index is 0.241. The van der Waals surface area contributed by atoms with Gasteiger partial charge in [-0.05, 0) is 6.92 Å². The second-order valence-electron chi connectivity index (χ2n) is 1.53. The van der Waals surface area contributed by atoms with Gasteiger partial charge < -0.3 is 9.53 Å². The van der Waals surface area contributed by atoms with E-state index >= 15 is 0 Å². The fraction of sp³-hybridized carbons (Fsp3) is 0.600. The molecule has 0 aliphatic rings. The first-order chi connectivity index (χ1) is 4.76. The van der Waals surface area contributed by atoms with Crippen LogP contribution in [0.1, 0.15) is 6.92 Å². The van der Waals surface area contributed by atoms with E-state index in [9.17, 15) is 9.59 Å². The molecule has 0 bridgehead atoms. The highest BCUT2D eigenvalue weighted by Gasteiger charge is 2.15. The van der Waals surface area contributed by atoms with Gasteiger partial charge in [-0.2, -0.15) is 0 Å². The summed E-state index contributed by atoms with van der Waals surface area (Å²) in [4.78, 5) is 20.6. The van der Waals surface area contributed by atoms with Crippen molar-refractivity contribution in [3.8, 4) is 0 Å². The number of esters is 1. The number of aldehydes is 1. The Morgan fingerprint density at radius 3 is 2.80 bits per heavy atom. The Kier molecular flexibility index (Phi) is 4.43. The van der Waals surface area contributed by atoms with Crippen LogP contribution in [0.3, 0.4) is 0 Å². The molecule has 0 rings (SSSR count). The standard InChI is InChI=1S/C5H10N2O3/c1-2-10-5(9)4(3-8)7-6/h3-4,7H,2,6H2,1H3. The van der Waals surface area contributed by atoms with Crippen LogP contribution in [-0.2, 0) is 14.3 Å². The lowest BCUT2D eigenvalue weighted by atomic mass is 10.3. The number of carbonyl (C=O) groups is 2. The molecule has 10 heavy (non-hydrogen) atoms. The van der Waals surface area contributed by atoms with Gasteiger partial charge in [-0.3, -0.25) is 5.84 Å². The average Bonchev–Trinajstić information content (AvgIpc) is 1.91. The van der Waals surface area contributed by atoms with E-state index in [2.05, 4.69) is 4.74 Å². The second-order valence-corrected chi connectivity index (χ2v) is 1.53. The monoisotopic (exact) mass is 146 g/mol. The quantitative estimate of drug-likeness (QED) is 0.167.